The number of methoxy groups -OCH3 is 1. The molecule has 0 N–H and O–H groups in total. The minimum atomic E-state index is -1.09. The monoisotopic (exact) mass is 232 g/mol. The molecule has 0 radical (unpaired) electrons. The van der Waals surface area contributed by atoms with Gasteiger partial charge in [0.2, 0.25) is 0 Å². The van der Waals surface area contributed by atoms with Crippen LogP contribution in [0.2, 0.25) is 0 Å². The molecule has 0 aliphatic heterocycles. The van der Waals surface area contributed by atoms with Crippen LogP contribution in [0.1, 0.15) is 10.4 Å². The third-order valence-electron chi connectivity index (χ3n) is 2.26. The Balaban J connectivity index is 2.63. The lowest BCUT2D eigenvalue weighted by molar-refractivity contribution is -0.135. The van der Waals surface area contributed by atoms with Crippen molar-refractivity contribution in [1.29, 1.82) is 0 Å². The van der Waals surface area contributed by atoms with Crippen molar-refractivity contribution in [1.82, 2.24) is 0 Å². The Bertz CT molecular complexity index is 653. The van der Waals surface area contributed by atoms with E-state index in [4.69, 9.17) is 4.42 Å². The molecule has 17 heavy (non-hydrogen) atoms. The van der Waals surface area contributed by atoms with Gasteiger partial charge in [0.25, 0.3) is 5.78 Å². The Labute approximate surface area is 95.6 Å². The van der Waals surface area contributed by atoms with Gasteiger partial charge in [-0.3, -0.25) is 4.79 Å². The van der Waals surface area contributed by atoms with Crippen molar-refractivity contribution >= 4 is 22.7 Å². The highest BCUT2D eigenvalue weighted by atomic mass is 16.5. The largest absolute Gasteiger partial charge is 0.463 e. The van der Waals surface area contributed by atoms with E-state index in [-0.39, 0.29) is 5.56 Å². The van der Waals surface area contributed by atoms with Gasteiger partial charge in [-0.05, 0) is 12.1 Å². The number of rotatable bonds is 2. The van der Waals surface area contributed by atoms with Gasteiger partial charge in [-0.25, -0.2) is 9.59 Å². The van der Waals surface area contributed by atoms with Crippen LogP contribution < -0.4 is 5.63 Å². The van der Waals surface area contributed by atoms with Crippen molar-refractivity contribution in [2.24, 2.45) is 0 Å². The van der Waals surface area contributed by atoms with E-state index in [1.54, 1.807) is 24.3 Å². The van der Waals surface area contributed by atoms with Crippen LogP contribution in [0.15, 0.2) is 39.5 Å². The van der Waals surface area contributed by atoms with E-state index in [9.17, 15) is 14.4 Å². The first-order valence-corrected chi connectivity index (χ1v) is 4.79. The van der Waals surface area contributed by atoms with Crippen molar-refractivity contribution in [3.05, 3.63) is 46.3 Å². The molecule has 86 valence electrons. The number of carbonyl (C=O) groups excluding carboxylic acids is 2. The molecular formula is C12H8O5. The van der Waals surface area contributed by atoms with Crippen molar-refractivity contribution in [3.63, 3.8) is 0 Å². The van der Waals surface area contributed by atoms with Crippen LogP contribution in [0.5, 0.6) is 0 Å². The van der Waals surface area contributed by atoms with Crippen LogP contribution >= 0.6 is 0 Å². The molecule has 5 heteroatoms. The number of ketones is 1. The van der Waals surface area contributed by atoms with Crippen molar-refractivity contribution < 1.29 is 18.7 Å². The minimum absolute atomic E-state index is 0.324. The number of fused-ring (bicyclic) bond motifs is 1. The second-order valence-electron chi connectivity index (χ2n) is 3.31. The number of benzene rings is 1. The number of hydrogen-bond donors (Lipinski definition) is 0. The minimum Gasteiger partial charge on any atom is -0.463 e. The Morgan fingerprint density at radius 3 is 2.65 bits per heavy atom. The summed E-state index contributed by atoms with van der Waals surface area (Å²) in [6, 6.07) is 8.03. The maximum Gasteiger partial charge on any atom is 0.379 e. The van der Waals surface area contributed by atoms with Crippen molar-refractivity contribution in [2.45, 2.75) is 0 Å². The topological polar surface area (TPSA) is 73.6 Å². The van der Waals surface area contributed by atoms with Crippen LogP contribution in [-0.2, 0) is 9.53 Å². The van der Waals surface area contributed by atoms with Crippen LogP contribution in [0.25, 0.3) is 11.0 Å². The van der Waals surface area contributed by atoms with Gasteiger partial charge in [-0.2, -0.15) is 0 Å². The number of hydrogen-bond acceptors (Lipinski definition) is 5. The van der Waals surface area contributed by atoms with Crippen LogP contribution in [0, 0.1) is 0 Å². The van der Waals surface area contributed by atoms with E-state index in [0.717, 1.165) is 7.11 Å². The first-order valence-electron chi connectivity index (χ1n) is 4.79. The molecule has 1 aromatic carbocycles. The smallest absolute Gasteiger partial charge is 0.379 e. The van der Waals surface area contributed by atoms with Gasteiger partial charge >= 0.3 is 11.6 Å². The summed E-state index contributed by atoms with van der Waals surface area (Å²) in [6.45, 7) is 0. The molecule has 0 bridgehead atoms. The average molecular weight is 232 g/mol. The summed E-state index contributed by atoms with van der Waals surface area (Å²) >= 11 is 0. The maximum absolute atomic E-state index is 11.5. The third-order valence-corrected chi connectivity index (χ3v) is 2.26. The van der Waals surface area contributed by atoms with E-state index >= 15 is 0 Å². The molecule has 2 rings (SSSR count). The number of carbonyl (C=O) groups is 2. The quantitative estimate of drug-likeness (QED) is 0.336. The summed E-state index contributed by atoms with van der Waals surface area (Å²) in [5.74, 6) is -2.10. The summed E-state index contributed by atoms with van der Waals surface area (Å²) in [7, 11) is 1.07. The van der Waals surface area contributed by atoms with Gasteiger partial charge in [0.15, 0.2) is 0 Å². The number of para-hydroxylation sites is 1. The molecule has 5 nitrogen and oxygen atoms in total. The van der Waals surface area contributed by atoms with E-state index in [1.165, 1.54) is 6.07 Å². The zero-order valence-corrected chi connectivity index (χ0v) is 8.93. The molecule has 0 saturated carbocycles. The van der Waals surface area contributed by atoms with Gasteiger partial charge in [0.05, 0.1) is 7.11 Å². The summed E-state index contributed by atoms with van der Waals surface area (Å²) < 4.78 is 9.19. The standard InChI is InChI=1S/C12H8O5/c1-16-12(15)10(13)8-6-7-4-2-3-5-9(7)17-11(8)14/h2-6H,1H3. The second-order valence-corrected chi connectivity index (χ2v) is 3.31. The average Bonchev–Trinajstić information content (AvgIpc) is 2.36. The lowest BCUT2D eigenvalue weighted by Crippen LogP contribution is -2.22. The van der Waals surface area contributed by atoms with E-state index in [0.29, 0.717) is 11.0 Å². The number of Topliss-reactive ketones (excluding diaryl/α,β-unsaturated/α-hetero) is 1. The van der Waals surface area contributed by atoms with Gasteiger partial charge in [-0.1, -0.05) is 18.2 Å². The highest BCUT2D eigenvalue weighted by molar-refractivity contribution is 6.40. The highest BCUT2D eigenvalue weighted by Gasteiger charge is 2.21. The normalized spacial score (nSPS) is 10.2. The first-order chi connectivity index (χ1) is 8.13. The fourth-order valence-electron chi connectivity index (χ4n) is 1.42. The Hall–Kier alpha value is -2.43. The molecule has 0 fully saturated rings. The Morgan fingerprint density at radius 2 is 1.94 bits per heavy atom. The van der Waals surface area contributed by atoms with E-state index in [2.05, 4.69) is 4.74 Å². The molecule has 0 atom stereocenters. The zero-order valence-electron chi connectivity index (χ0n) is 8.93. The highest BCUT2D eigenvalue weighted by Crippen LogP contribution is 2.12. The number of ether oxygens (including phenoxy) is 1. The Morgan fingerprint density at radius 1 is 1.24 bits per heavy atom. The van der Waals surface area contributed by atoms with Gasteiger partial charge in [-0.15, -0.1) is 0 Å². The molecule has 1 heterocycles. The second kappa shape index (κ2) is 4.21. The van der Waals surface area contributed by atoms with Crippen LogP contribution in [-0.4, -0.2) is 18.9 Å². The third kappa shape index (κ3) is 1.94. The maximum atomic E-state index is 11.5. The molecule has 0 aliphatic carbocycles. The van der Waals surface area contributed by atoms with Crippen LogP contribution in [0.3, 0.4) is 0 Å². The fraction of sp³-hybridized carbons (Fsp3) is 0.0833. The van der Waals surface area contributed by atoms with Crippen LogP contribution in [0.4, 0.5) is 0 Å². The fourth-order valence-corrected chi connectivity index (χ4v) is 1.42. The number of esters is 1. The molecule has 0 aliphatic rings. The lowest BCUT2D eigenvalue weighted by atomic mass is 10.1. The van der Waals surface area contributed by atoms with Crippen molar-refractivity contribution in [3.8, 4) is 0 Å². The molecule has 0 saturated heterocycles. The molecule has 0 unspecified atom stereocenters. The summed E-state index contributed by atoms with van der Waals surface area (Å²) in [4.78, 5) is 34.1. The predicted molar refractivity (Wildman–Crippen MR) is 58.8 cm³/mol. The van der Waals surface area contributed by atoms with Gasteiger partial charge in [0.1, 0.15) is 11.1 Å². The molecule has 2 aromatic rings. The zero-order chi connectivity index (χ0) is 12.4. The Kier molecular flexibility index (Phi) is 2.74. The molecule has 0 spiro atoms. The molecular weight excluding hydrogens is 224 g/mol. The van der Waals surface area contributed by atoms with Crippen molar-refractivity contribution in [2.75, 3.05) is 7.11 Å². The van der Waals surface area contributed by atoms with Gasteiger partial charge < -0.3 is 9.15 Å². The van der Waals surface area contributed by atoms with Gasteiger partial charge in [0, 0.05) is 5.39 Å². The lowest BCUT2D eigenvalue weighted by Gasteiger charge is -1.99. The predicted octanol–water partition coefficient (Wildman–Crippen LogP) is 1.15. The first kappa shape index (κ1) is 11.1. The molecule has 0 amide bonds. The summed E-state index contributed by atoms with van der Waals surface area (Å²) in [5, 5.41) is 0.569. The molecule has 1 aromatic heterocycles. The summed E-state index contributed by atoms with van der Waals surface area (Å²) in [5.41, 5.74) is -0.812. The van der Waals surface area contributed by atoms with E-state index in [1.807, 2.05) is 0 Å². The summed E-state index contributed by atoms with van der Waals surface area (Å²) in [6.07, 6.45) is 0. The van der Waals surface area contributed by atoms with E-state index < -0.39 is 17.4 Å². The SMILES string of the molecule is COC(=O)C(=O)c1cc2ccccc2oc1=O.